The topological polar surface area (TPSA) is 47.6 Å². The highest BCUT2D eigenvalue weighted by molar-refractivity contribution is 5.69. The Hall–Kier alpha value is -2.95. The van der Waals surface area contributed by atoms with Crippen molar-refractivity contribution in [2.45, 2.75) is 45.4 Å². The van der Waals surface area contributed by atoms with Crippen molar-refractivity contribution in [3.05, 3.63) is 107 Å². The fraction of sp³-hybridized carbons (Fsp3) is 0.321. The number of aryl methyl sites for hydroxylation is 2. The minimum absolute atomic E-state index is 0.173. The van der Waals surface area contributed by atoms with Crippen LogP contribution in [0.25, 0.3) is 0 Å². The number of nitrogens with one attached hydrogen (secondary N) is 1. The van der Waals surface area contributed by atoms with Crippen molar-refractivity contribution < 1.29 is 14.3 Å². The first-order chi connectivity index (χ1) is 15.5. The van der Waals surface area contributed by atoms with Crippen LogP contribution in [0.5, 0.6) is 0 Å². The smallest absolute Gasteiger partial charge is 0.306 e. The minimum atomic E-state index is -0.228. The number of carbonyl (C=O) groups is 1. The van der Waals surface area contributed by atoms with E-state index < -0.39 is 0 Å². The third kappa shape index (κ3) is 7.33. The Morgan fingerprint density at radius 2 is 1.44 bits per heavy atom. The van der Waals surface area contributed by atoms with Gasteiger partial charge in [0.25, 0.3) is 0 Å². The molecule has 4 heteroatoms. The Morgan fingerprint density at radius 1 is 0.875 bits per heavy atom. The minimum Gasteiger partial charge on any atom is -0.469 e. The van der Waals surface area contributed by atoms with Gasteiger partial charge in [0.1, 0.15) is 6.23 Å². The number of hydrogen-bond acceptors (Lipinski definition) is 4. The van der Waals surface area contributed by atoms with Gasteiger partial charge in [-0.15, -0.1) is 0 Å². The summed E-state index contributed by atoms with van der Waals surface area (Å²) in [6, 6.07) is 27.5. The molecule has 0 saturated carbocycles. The number of carbonyl (C=O) groups excluding carboxylic acids is 1. The Labute approximate surface area is 191 Å². The third-order valence-electron chi connectivity index (χ3n) is 5.52. The molecular weight excluding hydrogens is 398 g/mol. The molecule has 32 heavy (non-hydrogen) atoms. The number of rotatable bonds is 11. The molecule has 0 aromatic heterocycles. The zero-order chi connectivity index (χ0) is 22.8. The molecule has 0 aliphatic heterocycles. The lowest BCUT2D eigenvalue weighted by Crippen LogP contribution is -2.35. The second-order valence-corrected chi connectivity index (χ2v) is 8.19. The lowest BCUT2D eigenvalue weighted by Gasteiger charge is -2.26. The molecule has 0 spiro atoms. The van der Waals surface area contributed by atoms with Gasteiger partial charge in [-0.1, -0.05) is 90.0 Å². The van der Waals surface area contributed by atoms with Crippen molar-refractivity contribution in [3.8, 4) is 0 Å². The molecule has 0 heterocycles. The van der Waals surface area contributed by atoms with Crippen molar-refractivity contribution in [1.82, 2.24) is 5.32 Å². The van der Waals surface area contributed by atoms with Gasteiger partial charge in [0.2, 0.25) is 0 Å². The van der Waals surface area contributed by atoms with E-state index in [9.17, 15) is 4.79 Å². The van der Waals surface area contributed by atoms with Gasteiger partial charge in [0.15, 0.2) is 0 Å². The van der Waals surface area contributed by atoms with Crippen LogP contribution in [0, 0.1) is 13.8 Å². The lowest BCUT2D eigenvalue weighted by molar-refractivity contribution is -0.140. The molecule has 0 aliphatic rings. The number of esters is 1. The van der Waals surface area contributed by atoms with Gasteiger partial charge in [-0.05, 0) is 37.0 Å². The van der Waals surface area contributed by atoms with Gasteiger partial charge in [-0.3, -0.25) is 10.1 Å². The molecule has 1 N–H and O–H groups in total. The maximum absolute atomic E-state index is 11.6. The molecule has 0 saturated heterocycles. The summed E-state index contributed by atoms with van der Waals surface area (Å²) in [5.74, 6) is -0.0551. The first-order valence-electron chi connectivity index (χ1n) is 11.1. The molecule has 0 aliphatic carbocycles. The molecule has 3 aromatic carbocycles. The lowest BCUT2D eigenvalue weighted by atomic mass is 9.88. The van der Waals surface area contributed by atoms with E-state index in [1.165, 1.54) is 29.4 Å². The highest BCUT2D eigenvalue weighted by atomic mass is 16.5. The molecule has 0 radical (unpaired) electrons. The second kappa shape index (κ2) is 12.2. The summed E-state index contributed by atoms with van der Waals surface area (Å²) < 4.78 is 11.2. The summed E-state index contributed by atoms with van der Waals surface area (Å²) in [6.45, 7) is 5.21. The SMILES string of the molecule is COC(=O)CCNC(CC(c1ccccc1)c1ccccc1)OCc1cc(C)cc(C)c1. The maximum atomic E-state index is 11.6. The summed E-state index contributed by atoms with van der Waals surface area (Å²) in [5.41, 5.74) is 6.09. The van der Waals surface area contributed by atoms with Crippen LogP contribution < -0.4 is 5.32 Å². The van der Waals surface area contributed by atoms with E-state index in [4.69, 9.17) is 9.47 Å². The van der Waals surface area contributed by atoms with Gasteiger partial charge in [0, 0.05) is 12.5 Å². The van der Waals surface area contributed by atoms with Crippen molar-refractivity contribution >= 4 is 5.97 Å². The first-order valence-corrected chi connectivity index (χ1v) is 11.1. The zero-order valence-electron chi connectivity index (χ0n) is 19.2. The highest BCUT2D eigenvalue weighted by Gasteiger charge is 2.21. The highest BCUT2D eigenvalue weighted by Crippen LogP contribution is 2.29. The molecule has 168 valence electrons. The molecule has 1 unspecified atom stereocenters. The first kappa shape index (κ1) is 23.7. The standard InChI is InChI=1S/C28H33NO3/c1-21-16-22(2)18-23(17-21)20-32-27(29-15-14-28(30)31-3)19-26(24-10-6-4-7-11-24)25-12-8-5-9-13-25/h4-13,16-18,26-27,29H,14-15,19-20H2,1-3H3. The van der Waals surface area contributed by atoms with E-state index >= 15 is 0 Å². The zero-order valence-corrected chi connectivity index (χ0v) is 19.2. The number of ether oxygens (including phenoxy) is 2. The molecule has 1 atom stereocenters. The van der Waals surface area contributed by atoms with Crippen LogP contribution >= 0.6 is 0 Å². The van der Waals surface area contributed by atoms with Gasteiger partial charge >= 0.3 is 5.97 Å². The number of hydrogen-bond donors (Lipinski definition) is 1. The molecule has 4 nitrogen and oxygen atoms in total. The predicted molar refractivity (Wildman–Crippen MR) is 128 cm³/mol. The van der Waals surface area contributed by atoms with Crippen LogP contribution in [0.3, 0.4) is 0 Å². The summed E-state index contributed by atoms with van der Waals surface area (Å²) in [4.78, 5) is 11.6. The van der Waals surface area contributed by atoms with Crippen LogP contribution in [-0.2, 0) is 20.9 Å². The fourth-order valence-electron chi connectivity index (χ4n) is 4.05. The van der Waals surface area contributed by atoms with Gasteiger partial charge in [0.05, 0.1) is 20.1 Å². The summed E-state index contributed by atoms with van der Waals surface area (Å²) in [7, 11) is 1.41. The quantitative estimate of drug-likeness (QED) is 0.321. The average molecular weight is 432 g/mol. The van der Waals surface area contributed by atoms with Crippen molar-refractivity contribution in [2.75, 3.05) is 13.7 Å². The van der Waals surface area contributed by atoms with E-state index in [2.05, 4.69) is 85.9 Å². The Kier molecular flexibility index (Phi) is 9.02. The van der Waals surface area contributed by atoms with Gasteiger partial charge < -0.3 is 9.47 Å². The Balaban J connectivity index is 1.78. The normalized spacial score (nSPS) is 12.0. The van der Waals surface area contributed by atoms with Crippen LogP contribution in [0.2, 0.25) is 0 Å². The number of methoxy groups -OCH3 is 1. The number of benzene rings is 3. The van der Waals surface area contributed by atoms with Crippen molar-refractivity contribution in [2.24, 2.45) is 0 Å². The molecular formula is C28H33NO3. The summed E-state index contributed by atoms with van der Waals surface area (Å²) >= 11 is 0. The molecule has 0 bridgehead atoms. The van der Waals surface area contributed by atoms with E-state index in [1.54, 1.807) is 0 Å². The van der Waals surface area contributed by atoms with Crippen LogP contribution in [0.15, 0.2) is 78.9 Å². The van der Waals surface area contributed by atoms with Crippen LogP contribution in [-0.4, -0.2) is 25.9 Å². The van der Waals surface area contributed by atoms with Gasteiger partial charge in [-0.25, -0.2) is 0 Å². The monoisotopic (exact) mass is 431 g/mol. The molecule has 3 aromatic rings. The maximum Gasteiger partial charge on any atom is 0.306 e. The van der Waals surface area contributed by atoms with Crippen LogP contribution in [0.4, 0.5) is 0 Å². The summed E-state index contributed by atoms with van der Waals surface area (Å²) in [6.07, 6.45) is 0.840. The molecule has 3 rings (SSSR count). The van der Waals surface area contributed by atoms with E-state index in [0.717, 1.165) is 12.0 Å². The molecule has 0 fully saturated rings. The third-order valence-corrected chi connectivity index (χ3v) is 5.52. The van der Waals surface area contributed by atoms with E-state index in [0.29, 0.717) is 19.6 Å². The largest absolute Gasteiger partial charge is 0.469 e. The Bertz CT molecular complexity index is 913. The predicted octanol–water partition coefficient (Wildman–Crippen LogP) is 5.52. The Morgan fingerprint density at radius 3 is 1.97 bits per heavy atom. The van der Waals surface area contributed by atoms with E-state index in [1.807, 2.05) is 12.1 Å². The fourth-order valence-corrected chi connectivity index (χ4v) is 4.05. The second-order valence-electron chi connectivity index (χ2n) is 8.19. The summed E-state index contributed by atoms with van der Waals surface area (Å²) in [5, 5.41) is 3.43. The van der Waals surface area contributed by atoms with Crippen molar-refractivity contribution in [1.29, 1.82) is 0 Å². The van der Waals surface area contributed by atoms with Crippen molar-refractivity contribution in [3.63, 3.8) is 0 Å². The van der Waals surface area contributed by atoms with Gasteiger partial charge in [-0.2, -0.15) is 0 Å². The average Bonchev–Trinajstić information content (AvgIpc) is 2.80. The molecule has 0 amide bonds. The van der Waals surface area contributed by atoms with E-state index in [-0.39, 0.29) is 18.1 Å². The van der Waals surface area contributed by atoms with Crippen LogP contribution in [0.1, 0.15) is 46.6 Å².